The molecule has 0 bridgehead atoms. The van der Waals surface area contributed by atoms with Gasteiger partial charge in [0.05, 0.1) is 63.7 Å². The fourth-order valence-corrected chi connectivity index (χ4v) is 3.83. The summed E-state index contributed by atoms with van der Waals surface area (Å²) in [5.74, 6) is -9.56. The third-order valence-electron chi connectivity index (χ3n) is 7.44. The molecule has 14 heteroatoms. The second-order valence-corrected chi connectivity index (χ2v) is 11.3. The first-order valence-corrected chi connectivity index (χ1v) is 14.8. The molecule has 0 aromatic carbocycles. The summed E-state index contributed by atoms with van der Waals surface area (Å²) in [6.45, 7) is -0.801. The molecule has 254 valence electrons. The molecule has 42 heavy (non-hydrogen) atoms. The highest BCUT2D eigenvalue weighted by atomic mass is 16.6. The van der Waals surface area contributed by atoms with Crippen LogP contribution in [-0.4, -0.2) is 138 Å². The minimum absolute atomic E-state index is 0.124. The number of carboxylic acids is 1. The van der Waals surface area contributed by atoms with E-state index in [1.54, 1.807) is 0 Å². The number of aliphatic carboxylic acids is 1. The monoisotopic (exact) mass is 618 g/mol. The molecule has 0 aromatic heterocycles. The van der Waals surface area contributed by atoms with Crippen molar-refractivity contribution in [2.75, 3.05) is 52.9 Å². The molecule has 1 atom stereocenters. The van der Waals surface area contributed by atoms with Crippen LogP contribution in [0, 0.1) is 10.8 Å². The van der Waals surface area contributed by atoms with Crippen molar-refractivity contribution in [2.45, 2.75) is 108 Å². The summed E-state index contributed by atoms with van der Waals surface area (Å²) >= 11 is 0. The van der Waals surface area contributed by atoms with Crippen molar-refractivity contribution in [1.29, 1.82) is 0 Å². The summed E-state index contributed by atoms with van der Waals surface area (Å²) in [6.07, 6.45) is 11.2. The van der Waals surface area contributed by atoms with Gasteiger partial charge in [-0.2, -0.15) is 0 Å². The van der Waals surface area contributed by atoms with Crippen LogP contribution < -0.4 is 0 Å². The van der Waals surface area contributed by atoms with Crippen LogP contribution in [0.3, 0.4) is 0 Å². The molecule has 0 saturated carbocycles. The molecular formula is C28H58O14. The minimum atomic E-state index is -3.82. The van der Waals surface area contributed by atoms with E-state index >= 15 is 0 Å². The van der Waals surface area contributed by atoms with Gasteiger partial charge in [0.15, 0.2) is 0 Å². The molecule has 0 saturated heterocycles. The van der Waals surface area contributed by atoms with Crippen molar-refractivity contribution in [3.8, 4) is 0 Å². The summed E-state index contributed by atoms with van der Waals surface area (Å²) in [6, 6.07) is 0. The first kappa shape index (κ1) is 43.1. The maximum atomic E-state index is 10.6. The van der Waals surface area contributed by atoms with E-state index in [0.717, 1.165) is 25.7 Å². The van der Waals surface area contributed by atoms with E-state index in [9.17, 15) is 30.3 Å². The zero-order valence-electron chi connectivity index (χ0n) is 25.1. The number of carboxylic acid groups (broad SMARTS) is 1. The second kappa shape index (κ2) is 23.4. The van der Waals surface area contributed by atoms with Gasteiger partial charge in [-0.15, -0.1) is 0 Å². The lowest BCUT2D eigenvalue weighted by Crippen LogP contribution is -2.65. The zero-order valence-corrected chi connectivity index (χ0v) is 25.1. The smallest absolute Gasteiger partial charge is 0.370 e. The van der Waals surface area contributed by atoms with Crippen molar-refractivity contribution in [1.82, 2.24) is 0 Å². The van der Waals surface area contributed by atoms with Gasteiger partial charge in [0, 0.05) is 0 Å². The summed E-state index contributed by atoms with van der Waals surface area (Å²) in [5, 5.41) is 110. The molecule has 0 fully saturated rings. The summed E-state index contributed by atoms with van der Waals surface area (Å²) in [4.78, 5) is 10.6. The molecule has 0 amide bonds. The SMILES string of the molecule is CCCCCCCCCCCCCCC(O)C(O)(O)C(O)(O)C(=O)O.OCC(CO)(CO)COCC(CO)(CO)CO. The Bertz CT molecular complexity index is 614. The molecule has 0 aromatic rings. The lowest BCUT2D eigenvalue weighted by Gasteiger charge is -2.34. The van der Waals surface area contributed by atoms with Crippen molar-refractivity contribution < 1.29 is 70.8 Å². The fourth-order valence-electron chi connectivity index (χ4n) is 3.83. The fraction of sp³-hybridized carbons (Fsp3) is 0.964. The van der Waals surface area contributed by atoms with E-state index in [1.165, 1.54) is 44.9 Å². The Morgan fingerprint density at radius 3 is 1.19 bits per heavy atom. The Labute approximate surface area is 248 Å². The molecule has 0 rings (SSSR count). The number of carbonyl (C=O) groups is 1. The Hall–Kier alpha value is -1.01. The summed E-state index contributed by atoms with van der Waals surface area (Å²) in [5.41, 5.74) is -2.32. The number of hydrogen-bond acceptors (Lipinski definition) is 13. The molecule has 0 heterocycles. The normalized spacial score (nSPS) is 13.5. The van der Waals surface area contributed by atoms with Gasteiger partial charge in [0.25, 0.3) is 5.79 Å². The first-order valence-electron chi connectivity index (χ1n) is 14.8. The van der Waals surface area contributed by atoms with E-state index in [0.29, 0.717) is 6.42 Å². The maximum absolute atomic E-state index is 10.6. The molecule has 14 nitrogen and oxygen atoms in total. The molecule has 1 unspecified atom stereocenters. The van der Waals surface area contributed by atoms with Gasteiger partial charge in [0.2, 0.25) is 0 Å². The molecule has 12 N–H and O–H groups in total. The van der Waals surface area contributed by atoms with E-state index in [1.807, 2.05) is 0 Å². The third kappa shape index (κ3) is 15.6. The van der Waals surface area contributed by atoms with Crippen LogP contribution in [0.4, 0.5) is 0 Å². The van der Waals surface area contributed by atoms with Gasteiger partial charge in [0.1, 0.15) is 6.10 Å². The maximum Gasteiger partial charge on any atom is 0.370 e. The van der Waals surface area contributed by atoms with Gasteiger partial charge in [-0.3, -0.25) is 0 Å². The van der Waals surface area contributed by atoms with Crippen LogP contribution in [0.5, 0.6) is 0 Å². The van der Waals surface area contributed by atoms with Gasteiger partial charge >= 0.3 is 11.8 Å². The zero-order chi connectivity index (χ0) is 32.7. The number of hydrogen-bond donors (Lipinski definition) is 12. The number of aliphatic hydroxyl groups excluding tert-OH is 7. The molecule has 0 radical (unpaired) electrons. The highest BCUT2D eigenvalue weighted by molar-refractivity contribution is 5.76. The van der Waals surface area contributed by atoms with E-state index in [-0.39, 0.29) is 19.6 Å². The molecular weight excluding hydrogens is 560 g/mol. The van der Waals surface area contributed by atoms with Crippen LogP contribution in [0.15, 0.2) is 0 Å². The molecule has 0 spiro atoms. The number of ether oxygens (including phenoxy) is 1. The van der Waals surface area contributed by atoms with Gasteiger partial charge < -0.3 is 66.0 Å². The predicted molar refractivity (Wildman–Crippen MR) is 152 cm³/mol. The third-order valence-corrected chi connectivity index (χ3v) is 7.44. The van der Waals surface area contributed by atoms with Crippen LogP contribution in [0.25, 0.3) is 0 Å². The Morgan fingerprint density at radius 1 is 0.595 bits per heavy atom. The van der Waals surface area contributed by atoms with E-state index < -0.39 is 74.1 Å². The van der Waals surface area contributed by atoms with Crippen LogP contribution >= 0.6 is 0 Å². The van der Waals surface area contributed by atoms with Gasteiger partial charge in [-0.05, 0) is 6.42 Å². The van der Waals surface area contributed by atoms with Gasteiger partial charge in [-0.25, -0.2) is 4.79 Å². The van der Waals surface area contributed by atoms with Gasteiger partial charge in [-0.1, -0.05) is 84.0 Å². The second-order valence-electron chi connectivity index (χ2n) is 11.3. The number of unbranched alkanes of at least 4 members (excludes halogenated alkanes) is 11. The Kier molecular flexibility index (Phi) is 24.0. The summed E-state index contributed by atoms with van der Waals surface area (Å²) in [7, 11) is 0. The highest BCUT2D eigenvalue weighted by Crippen LogP contribution is 2.25. The first-order chi connectivity index (χ1) is 19.7. The topological polar surface area (TPSA) is 269 Å². The molecule has 0 aliphatic rings. The average molecular weight is 619 g/mol. The van der Waals surface area contributed by atoms with Crippen molar-refractivity contribution in [3.63, 3.8) is 0 Å². The lowest BCUT2D eigenvalue weighted by atomic mass is 9.91. The quantitative estimate of drug-likeness (QED) is 0.0402. The van der Waals surface area contributed by atoms with Crippen molar-refractivity contribution >= 4 is 5.97 Å². The van der Waals surface area contributed by atoms with Crippen LogP contribution in [0.2, 0.25) is 0 Å². The van der Waals surface area contributed by atoms with Crippen molar-refractivity contribution in [3.05, 3.63) is 0 Å². The molecule has 0 aliphatic carbocycles. The Morgan fingerprint density at radius 2 is 0.905 bits per heavy atom. The standard InChI is InChI=1S/C18H36O7.C10H22O7/c1-2-3-4-5-6-7-8-9-10-11-12-13-14-15(19)17(22,23)18(24,25)16(20)21;11-1-9(2-12,3-13)7-17-8-10(4-14,5-15)6-16/h15,19,22-25H,2-14H2,1H3,(H,20,21);11-16H,1-8H2. The van der Waals surface area contributed by atoms with Crippen LogP contribution in [0.1, 0.15) is 90.4 Å². The largest absolute Gasteiger partial charge is 0.477 e. The highest BCUT2D eigenvalue weighted by Gasteiger charge is 2.58. The van der Waals surface area contributed by atoms with Crippen LogP contribution in [-0.2, 0) is 9.53 Å². The number of rotatable bonds is 26. The lowest BCUT2D eigenvalue weighted by molar-refractivity contribution is -0.371. The predicted octanol–water partition coefficient (Wildman–Crippen LogP) is -1.19. The number of aliphatic hydroxyl groups is 11. The minimum Gasteiger partial charge on any atom is -0.477 e. The van der Waals surface area contributed by atoms with E-state index in [2.05, 4.69) is 6.92 Å². The Balaban J connectivity index is 0. The van der Waals surface area contributed by atoms with E-state index in [4.69, 9.17) is 40.5 Å². The summed E-state index contributed by atoms with van der Waals surface area (Å²) < 4.78 is 5.15. The molecule has 0 aliphatic heterocycles. The van der Waals surface area contributed by atoms with Crippen molar-refractivity contribution in [2.24, 2.45) is 10.8 Å². The average Bonchev–Trinajstić information content (AvgIpc) is 2.98.